The average Bonchev–Trinajstić information content (AvgIpc) is 2.83. The van der Waals surface area contributed by atoms with Crippen molar-refractivity contribution in [2.75, 3.05) is 31.1 Å². The van der Waals surface area contributed by atoms with Gasteiger partial charge in [-0.2, -0.15) is 0 Å². The molecule has 1 unspecified atom stereocenters. The van der Waals surface area contributed by atoms with Gasteiger partial charge in [-0.3, -0.25) is 0 Å². The SMILES string of the molecule is CC(C)OC(=O)N1CCC(ON=C2CCN(c3cc(F)c(C(C)N[S@](=O)C(C)(C)C)cc3F)CC2)CC1. The minimum atomic E-state index is -1.40. The number of carbonyl (C=O) groups is 1. The second-order valence-corrected chi connectivity index (χ2v) is 12.9. The Morgan fingerprint density at radius 2 is 1.70 bits per heavy atom. The van der Waals surface area contributed by atoms with E-state index in [-0.39, 0.29) is 29.6 Å². The summed E-state index contributed by atoms with van der Waals surface area (Å²) in [4.78, 5) is 21.2. The van der Waals surface area contributed by atoms with E-state index < -0.39 is 33.4 Å². The molecule has 0 aromatic heterocycles. The van der Waals surface area contributed by atoms with E-state index in [1.807, 2.05) is 39.5 Å². The maximum Gasteiger partial charge on any atom is 0.410 e. The van der Waals surface area contributed by atoms with Crippen LogP contribution in [0, 0.1) is 11.6 Å². The van der Waals surface area contributed by atoms with E-state index in [4.69, 9.17) is 9.57 Å². The Bertz CT molecular complexity index is 997. The van der Waals surface area contributed by atoms with Crippen LogP contribution in [-0.2, 0) is 20.6 Å². The number of halogens is 2. The number of piperidine rings is 2. The van der Waals surface area contributed by atoms with E-state index in [1.165, 1.54) is 12.1 Å². The van der Waals surface area contributed by atoms with Gasteiger partial charge in [-0.25, -0.2) is 22.5 Å². The average molecular weight is 543 g/mol. The van der Waals surface area contributed by atoms with Crippen molar-refractivity contribution >= 4 is 28.5 Å². The van der Waals surface area contributed by atoms with Crippen LogP contribution in [0.4, 0.5) is 19.3 Å². The predicted molar refractivity (Wildman–Crippen MR) is 142 cm³/mol. The molecule has 0 radical (unpaired) electrons. The summed E-state index contributed by atoms with van der Waals surface area (Å²) in [5.74, 6) is -1.04. The molecule has 2 atom stereocenters. The molecule has 208 valence electrons. The van der Waals surface area contributed by atoms with Crippen LogP contribution in [0.2, 0.25) is 0 Å². The molecule has 0 saturated carbocycles. The second-order valence-electron chi connectivity index (χ2n) is 10.9. The lowest BCUT2D eigenvalue weighted by atomic mass is 10.0. The predicted octanol–water partition coefficient (Wildman–Crippen LogP) is 5.06. The molecule has 11 heteroatoms. The van der Waals surface area contributed by atoms with Gasteiger partial charge in [0, 0.05) is 69.5 Å². The molecule has 8 nitrogen and oxygen atoms in total. The fourth-order valence-corrected chi connectivity index (χ4v) is 4.99. The van der Waals surface area contributed by atoms with Crippen molar-refractivity contribution in [2.45, 2.75) is 90.2 Å². The number of nitrogens with one attached hydrogen (secondary N) is 1. The van der Waals surface area contributed by atoms with E-state index in [0.29, 0.717) is 51.9 Å². The summed E-state index contributed by atoms with van der Waals surface area (Å²) in [6.45, 7) is 12.9. The van der Waals surface area contributed by atoms with Gasteiger partial charge >= 0.3 is 6.09 Å². The quantitative estimate of drug-likeness (QED) is 0.487. The van der Waals surface area contributed by atoms with E-state index in [1.54, 1.807) is 11.8 Å². The molecule has 2 saturated heterocycles. The highest BCUT2D eigenvalue weighted by Gasteiger charge is 2.27. The first-order chi connectivity index (χ1) is 17.3. The van der Waals surface area contributed by atoms with Gasteiger partial charge in [0.05, 0.1) is 33.2 Å². The molecular weight excluding hydrogens is 502 g/mol. The van der Waals surface area contributed by atoms with Crippen molar-refractivity contribution in [2.24, 2.45) is 5.16 Å². The molecule has 3 rings (SSSR count). The number of ether oxygens (including phenoxy) is 1. The third-order valence-corrected chi connectivity index (χ3v) is 8.10. The van der Waals surface area contributed by atoms with Gasteiger partial charge in [-0.05, 0) is 47.6 Å². The summed E-state index contributed by atoms with van der Waals surface area (Å²) in [7, 11) is -1.40. The topological polar surface area (TPSA) is 83.5 Å². The highest BCUT2D eigenvalue weighted by Crippen LogP contribution is 2.29. The lowest BCUT2D eigenvalue weighted by molar-refractivity contribution is 0.00415. The monoisotopic (exact) mass is 542 g/mol. The largest absolute Gasteiger partial charge is 0.447 e. The number of anilines is 1. The minimum absolute atomic E-state index is 0.0593. The van der Waals surface area contributed by atoms with Gasteiger partial charge in [0.15, 0.2) is 0 Å². The minimum Gasteiger partial charge on any atom is -0.447 e. The first-order valence-corrected chi connectivity index (χ1v) is 14.1. The van der Waals surface area contributed by atoms with Crippen LogP contribution in [-0.4, -0.2) is 64.0 Å². The zero-order valence-electron chi connectivity index (χ0n) is 22.7. The third kappa shape index (κ3) is 8.10. The molecule has 1 N–H and O–H groups in total. The Kier molecular flexibility index (Phi) is 9.91. The normalized spacial score (nSPS) is 19.1. The van der Waals surface area contributed by atoms with Crippen molar-refractivity contribution in [1.82, 2.24) is 9.62 Å². The lowest BCUT2D eigenvalue weighted by Crippen LogP contribution is -2.41. The number of benzene rings is 1. The van der Waals surface area contributed by atoms with E-state index in [9.17, 15) is 17.8 Å². The Labute approximate surface area is 221 Å². The maximum atomic E-state index is 15.0. The van der Waals surface area contributed by atoms with Crippen LogP contribution in [0.5, 0.6) is 0 Å². The van der Waals surface area contributed by atoms with Gasteiger partial charge in [-0.1, -0.05) is 5.16 Å². The summed E-state index contributed by atoms with van der Waals surface area (Å²) in [6.07, 6.45) is 2.04. The van der Waals surface area contributed by atoms with Crippen LogP contribution >= 0.6 is 0 Å². The van der Waals surface area contributed by atoms with Crippen LogP contribution in [0.3, 0.4) is 0 Å². The molecular formula is C26H40F2N4O4S. The van der Waals surface area contributed by atoms with Crippen LogP contribution < -0.4 is 9.62 Å². The number of hydrogen-bond donors (Lipinski definition) is 1. The molecule has 37 heavy (non-hydrogen) atoms. The van der Waals surface area contributed by atoms with Crippen LogP contribution in [0.25, 0.3) is 0 Å². The molecule has 2 fully saturated rings. The highest BCUT2D eigenvalue weighted by molar-refractivity contribution is 7.84. The summed E-state index contributed by atoms with van der Waals surface area (Å²) in [5, 5.41) is 4.33. The number of amides is 1. The summed E-state index contributed by atoms with van der Waals surface area (Å²) < 4.78 is 49.8. The molecule has 0 aliphatic carbocycles. The standard InChI is InChI=1S/C26H40F2N4O4S/c1-17(2)35-25(33)32-13-9-20(10-14-32)36-29-19-7-11-31(12-8-19)24-16-22(27)21(15-23(24)28)18(3)30-37(34)26(4,5)6/h15-18,20,30H,7-14H2,1-6H3/t18?,37-/m1/s1. The van der Waals surface area contributed by atoms with Gasteiger partial charge in [0.1, 0.15) is 17.7 Å². The number of rotatable bonds is 7. The molecule has 1 aromatic carbocycles. The fraction of sp³-hybridized carbons (Fsp3) is 0.692. The molecule has 1 aromatic rings. The van der Waals surface area contributed by atoms with Crippen molar-refractivity contribution in [1.29, 1.82) is 0 Å². The van der Waals surface area contributed by atoms with Crippen LogP contribution in [0.15, 0.2) is 17.3 Å². The van der Waals surface area contributed by atoms with E-state index in [2.05, 4.69) is 9.88 Å². The number of oxime groups is 1. The summed E-state index contributed by atoms with van der Waals surface area (Å²) >= 11 is 0. The van der Waals surface area contributed by atoms with Crippen LogP contribution in [0.1, 0.15) is 78.8 Å². The van der Waals surface area contributed by atoms with E-state index >= 15 is 0 Å². The third-order valence-electron chi connectivity index (χ3n) is 6.42. The Morgan fingerprint density at radius 1 is 1.08 bits per heavy atom. The molecule has 0 spiro atoms. The highest BCUT2D eigenvalue weighted by atomic mass is 32.2. The fourth-order valence-electron chi connectivity index (χ4n) is 4.19. The Balaban J connectivity index is 1.51. The number of likely N-dealkylation sites (tertiary alicyclic amines) is 1. The zero-order chi connectivity index (χ0) is 27.3. The first-order valence-electron chi connectivity index (χ1n) is 12.9. The number of nitrogens with zero attached hydrogens (tertiary/aromatic N) is 3. The molecule has 0 bridgehead atoms. The van der Waals surface area contributed by atoms with Crippen molar-refractivity contribution in [3.63, 3.8) is 0 Å². The van der Waals surface area contributed by atoms with Gasteiger partial charge in [0.2, 0.25) is 0 Å². The Hall–Kier alpha value is -2.27. The molecule has 2 heterocycles. The summed E-state index contributed by atoms with van der Waals surface area (Å²) in [6, 6.07) is 1.81. The van der Waals surface area contributed by atoms with Gasteiger partial charge in [0.25, 0.3) is 0 Å². The first kappa shape index (κ1) is 29.3. The maximum absolute atomic E-state index is 15.0. The Morgan fingerprint density at radius 3 is 2.27 bits per heavy atom. The summed E-state index contributed by atoms with van der Waals surface area (Å²) in [5.41, 5.74) is 1.25. The van der Waals surface area contributed by atoms with Crippen molar-refractivity contribution in [3.8, 4) is 0 Å². The number of carbonyl (C=O) groups excluding carboxylic acids is 1. The van der Waals surface area contributed by atoms with Gasteiger partial charge in [-0.15, -0.1) is 0 Å². The van der Waals surface area contributed by atoms with Gasteiger partial charge < -0.3 is 19.4 Å². The van der Waals surface area contributed by atoms with Crippen molar-refractivity contribution in [3.05, 3.63) is 29.3 Å². The second kappa shape index (κ2) is 12.5. The van der Waals surface area contributed by atoms with Crippen molar-refractivity contribution < 1.29 is 27.4 Å². The van der Waals surface area contributed by atoms with E-state index in [0.717, 1.165) is 5.71 Å². The molecule has 2 aliphatic heterocycles. The molecule has 2 aliphatic rings. The smallest absolute Gasteiger partial charge is 0.410 e. The lowest BCUT2D eigenvalue weighted by Gasteiger charge is -2.32. The number of hydrogen-bond acceptors (Lipinski definition) is 6. The molecule has 1 amide bonds. The zero-order valence-corrected chi connectivity index (χ0v) is 23.5.